The molecule has 0 aliphatic heterocycles. The van der Waals surface area contributed by atoms with Gasteiger partial charge in [0.15, 0.2) is 0 Å². The summed E-state index contributed by atoms with van der Waals surface area (Å²) in [5.41, 5.74) is 0. The summed E-state index contributed by atoms with van der Waals surface area (Å²) in [6, 6.07) is 0.479. The number of thiazole rings is 1. The molecular weight excluding hydrogens is 196 g/mol. The topological polar surface area (TPSA) is 34.1 Å². The summed E-state index contributed by atoms with van der Waals surface area (Å²) in [6.45, 7) is 3.65. The fourth-order valence-electron chi connectivity index (χ4n) is 1.28. The zero-order valence-electron chi connectivity index (χ0n) is 8.82. The van der Waals surface area contributed by atoms with E-state index >= 15 is 0 Å². The molecule has 1 unspecified atom stereocenters. The zero-order chi connectivity index (χ0) is 10.2. The molecule has 0 aliphatic rings. The molecule has 0 aromatic carbocycles. The Balaban J connectivity index is 2.24. The quantitative estimate of drug-likeness (QED) is 0.702. The van der Waals surface area contributed by atoms with Crippen molar-refractivity contribution < 1.29 is 4.74 Å². The van der Waals surface area contributed by atoms with E-state index < -0.39 is 0 Å². The average Bonchev–Trinajstić information content (AvgIpc) is 2.69. The molecule has 0 aliphatic carbocycles. The lowest BCUT2D eigenvalue weighted by Gasteiger charge is -2.14. The molecule has 1 heterocycles. The van der Waals surface area contributed by atoms with Crippen LogP contribution in [-0.4, -0.2) is 31.3 Å². The molecule has 1 aromatic heterocycles. The van der Waals surface area contributed by atoms with Crippen LogP contribution >= 0.6 is 11.3 Å². The molecule has 1 N–H and O–H groups in total. The summed E-state index contributed by atoms with van der Waals surface area (Å²) in [4.78, 5) is 4.27. The van der Waals surface area contributed by atoms with E-state index in [2.05, 4.69) is 10.3 Å². The normalized spacial score (nSPS) is 13.0. The monoisotopic (exact) mass is 214 g/mol. The average molecular weight is 214 g/mol. The van der Waals surface area contributed by atoms with Gasteiger partial charge in [-0.3, -0.25) is 0 Å². The van der Waals surface area contributed by atoms with Gasteiger partial charge in [-0.2, -0.15) is 0 Å². The summed E-state index contributed by atoms with van der Waals surface area (Å²) in [6.07, 6.45) is 3.90. The Kier molecular flexibility index (Phi) is 5.75. The van der Waals surface area contributed by atoms with Gasteiger partial charge in [-0.25, -0.2) is 4.98 Å². The van der Waals surface area contributed by atoms with E-state index in [0.717, 1.165) is 26.1 Å². The van der Waals surface area contributed by atoms with Crippen LogP contribution in [0.5, 0.6) is 0 Å². The van der Waals surface area contributed by atoms with Gasteiger partial charge < -0.3 is 10.1 Å². The van der Waals surface area contributed by atoms with Gasteiger partial charge in [-0.05, 0) is 20.4 Å². The lowest BCUT2D eigenvalue weighted by Crippen LogP contribution is -2.28. The van der Waals surface area contributed by atoms with E-state index in [1.807, 2.05) is 25.5 Å². The fraction of sp³-hybridized carbons (Fsp3) is 0.700. The first-order chi connectivity index (χ1) is 6.86. The van der Waals surface area contributed by atoms with Gasteiger partial charge in [0.05, 0.1) is 5.01 Å². The lowest BCUT2D eigenvalue weighted by molar-refractivity contribution is 0.137. The van der Waals surface area contributed by atoms with Crippen molar-refractivity contribution in [3.05, 3.63) is 16.6 Å². The van der Waals surface area contributed by atoms with Gasteiger partial charge in [0.2, 0.25) is 0 Å². The summed E-state index contributed by atoms with van der Waals surface area (Å²) in [5, 5.41) is 6.50. The van der Waals surface area contributed by atoms with E-state index in [1.54, 1.807) is 11.3 Å². The van der Waals surface area contributed by atoms with Crippen LogP contribution < -0.4 is 5.32 Å². The van der Waals surface area contributed by atoms with E-state index in [-0.39, 0.29) is 0 Å². The molecule has 4 heteroatoms. The van der Waals surface area contributed by atoms with Crippen LogP contribution in [0.2, 0.25) is 0 Å². The minimum atomic E-state index is 0.479. The summed E-state index contributed by atoms with van der Waals surface area (Å²) >= 11 is 1.71. The number of nitrogens with zero attached hydrogens (tertiary/aromatic N) is 1. The summed E-state index contributed by atoms with van der Waals surface area (Å²) in [5.74, 6) is 0. The Hall–Kier alpha value is -0.450. The highest BCUT2D eigenvalue weighted by atomic mass is 32.1. The summed E-state index contributed by atoms with van der Waals surface area (Å²) in [7, 11) is 1.99. The highest BCUT2D eigenvalue weighted by Crippen LogP contribution is 2.08. The van der Waals surface area contributed by atoms with Crippen LogP contribution in [0.3, 0.4) is 0 Å². The molecule has 0 saturated heterocycles. The molecule has 0 fully saturated rings. The molecule has 0 spiro atoms. The zero-order valence-corrected chi connectivity index (χ0v) is 9.64. The van der Waals surface area contributed by atoms with Gasteiger partial charge in [0.1, 0.15) is 0 Å². The molecule has 0 amide bonds. The third-order valence-corrected chi connectivity index (χ3v) is 2.93. The van der Waals surface area contributed by atoms with Crippen molar-refractivity contribution in [2.24, 2.45) is 0 Å². The SMILES string of the molecule is CCOCCC(Cc1nccs1)NC. The number of hydrogen-bond donors (Lipinski definition) is 1. The minimum Gasteiger partial charge on any atom is -0.382 e. The maximum Gasteiger partial charge on any atom is 0.0940 e. The molecule has 80 valence electrons. The first kappa shape index (κ1) is 11.6. The molecule has 1 rings (SSSR count). The summed E-state index contributed by atoms with van der Waals surface area (Å²) < 4.78 is 5.33. The predicted molar refractivity (Wildman–Crippen MR) is 59.8 cm³/mol. The number of likely N-dealkylation sites (N-methyl/N-ethyl adjacent to an activating group) is 1. The molecule has 0 bridgehead atoms. The van der Waals surface area contributed by atoms with Crippen molar-refractivity contribution in [3.63, 3.8) is 0 Å². The third kappa shape index (κ3) is 4.17. The Morgan fingerprint density at radius 3 is 3.07 bits per heavy atom. The lowest BCUT2D eigenvalue weighted by atomic mass is 10.1. The van der Waals surface area contributed by atoms with Crippen molar-refractivity contribution in [1.82, 2.24) is 10.3 Å². The van der Waals surface area contributed by atoms with Crippen LogP contribution in [0.4, 0.5) is 0 Å². The first-order valence-corrected chi connectivity index (χ1v) is 5.88. The van der Waals surface area contributed by atoms with Crippen LogP contribution in [0.15, 0.2) is 11.6 Å². The molecule has 1 aromatic rings. The maximum atomic E-state index is 5.33. The van der Waals surface area contributed by atoms with Gasteiger partial charge >= 0.3 is 0 Å². The second-order valence-electron chi connectivity index (χ2n) is 3.10. The van der Waals surface area contributed by atoms with E-state index in [0.29, 0.717) is 6.04 Å². The number of aromatic nitrogens is 1. The smallest absolute Gasteiger partial charge is 0.0940 e. The highest BCUT2D eigenvalue weighted by molar-refractivity contribution is 7.09. The standard InChI is InChI=1S/C10H18N2OS/c1-3-13-6-4-9(11-2)8-10-12-5-7-14-10/h5,7,9,11H,3-4,6,8H2,1-2H3. The van der Waals surface area contributed by atoms with Crippen LogP contribution in [0.1, 0.15) is 18.4 Å². The van der Waals surface area contributed by atoms with Gasteiger partial charge in [-0.1, -0.05) is 0 Å². The number of hydrogen-bond acceptors (Lipinski definition) is 4. The Morgan fingerprint density at radius 1 is 1.64 bits per heavy atom. The fourth-order valence-corrected chi connectivity index (χ4v) is 1.98. The van der Waals surface area contributed by atoms with Crippen LogP contribution in [-0.2, 0) is 11.2 Å². The van der Waals surface area contributed by atoms with Crippen molar-refractivity contribution in [3.8, 4) is 0 Å². The van der Waals surface area contributed by atoms with E-state index in [1.165, 1.54) is 5.01 Å². The number of nitrogens with one attached hydrogen (secondary N) is 1. The van der Waals surface area contributed by atoms with Crippen LogP contribution in [0.25, 0.3) is 0 Å². The van der Waals surface area contributed by atoms with Crippen molar-refractivity contribution in [2.45, 2.75) is 25.8 Å². The highest BCUT2D eigenvalue weighted by Gasteiger charge is 2.08. The molecule has 3 nitrogen and oxygen atoms in total. The van der Waals surface area contributed by atoms with E-state index in [4.69, 9.17) is 4.74 Å². The van der Waals surface area contributed by atoms with Gasteiger partial charge in [0, 0.05) is 37.3 Å². The van der Waals surface area contributed by atoms with Crippen LogP contribution in [0, 0.1) is 0 Å². The Bertz CT molecular complexity index is 226. The van der Waals surface area contributed by atoms with Gasteiger partial charge in [-0.15, -0.1) is 11.3 Å². The Morgan fingerprint density at radius 2 is 2.50 bits per heavy atom. The predicted octanol–water partition coefficient (Wildman–Crippen LogP) is 1.70. The maximum absolute atomic E-state index is 5.33. The molecule has 14 heavy (non-hydrogen) atoms. The second-order valence-corrected chi connectivity index (χ2v) is 4.08. The van der Waals surface area contributed by atoms with Gasteiger partial charge in [0.25, 0.3) is 0 Å². The molecule has 0 saturated carbocycles. The van der Waals surface area contributed by atoms with Crippen molar-refractivity contribution in [2.75, 3.05) is 20.3 Å². The largest absolute Gasteiger partial charge is 0.382 e. The molecular formula is C10H18N2OS. The number of ether oxygens (including phenoxy) is 1. The Labute approximate surface area is 89.5 Å². The van der Waals surface area contributed by atoms with Crippen molar-refractivity contribution >= 4 is 11.3 Å². The van der Waals surface area contributed by atoms with E-state index in [9.17, 15) is 0 Å². The molecule has 0 radical (unpaired) electrons. The van der Waals surface area contributed by atoms with Crippen molar-refractivity contribution in [1.29, 1.82) is 0 Å². The second kappa shape index (κ2) is 6.92. The minimum absolute atomic E-state index is 0.479. The molecule has 1 atom stereocenters. The number of rotatable bonds is 7. The third-order valence-electron chi connectivity index (χ3n) is 2.13. The first-order valence-electron chi connectivity index (χ1n) is 5.00.